The van der Waals surface area contributed by atoms with Crippen LogP contribution in [0, 0.1) is 13.8 Å². The van der Waals surface area contributed by atoms with Gasteiger partial charge in [-0.15, -0.1) is 0 Å². The number of hydrogen-bond donors (Lipinski definition) is 1. The summed E-state index contributed by atoms with van der Waals surface area (Å²) in [4.78, 5) is 16.9. The van der Waals surface area contributed by atoms with Crippen LogP contribution in [-0.2, 0) is 11.8 Å². The molecule has 1 amide bonds. The molecule has 3 rings (SSSR count). The van der Waals surface area contributed by atoms with Gasteiger partial charge in [0, 0.05) is 19.4 Å². The van der Waals surface area contributed by atoms with Crippen LogP contribution in [-0.4, -0.2) is 22.1 Å². The number of nitrogens with zero attached hydrogens (tertiary/aromatic N) is 2. The number of aromatic nitrogens is 2. The molecular weight excluding hydrogens is 326 g/mol. The Hall–Kier alpha value is -3.08. The van der Waals surface area contributed by atoms with Crippen LogP contribution in [0.3, 0.4) is 0 Å². The molecule has 0 radical (unpaired) electrons. The lowest BCUT2D eigenvalue weighted by molar-refractivity contribution is -0.123. The molecule has 5 nitrogen and oxygen atoms in total. The van der Waals surface area contributed by atoms with Gasteiger partial charge in [0.15, 0.2) is 6.61 Å². The highest BCUT2D eigenvalue weighted by atomic mass is 16.5. The van der Waals surface area contributed by atoms with E-state index in [9.17, 15) is 4.79 Å². The van der Waals surface area contributed by atoms with E-state index in [1.165, 1.54) is 5.56 Å². The monoisotopic (exact) mass is 349 g/mol. The Kier molecular flexibility index (Phi) is 5.37. The Bertz CT molecular complexity index is 887. The fourth-order valence-corrected chi connectivity index (χ4v) is 2.75. The Balaban J connectivity index is 1.71. The summed E-state index contributed by atoms with van der Waals surface area (Å²) in [5, 5.41) is 3.03. The van der Waals surface area contributed by atoms with Crippen LogP contribution in [0.25, 0.3) is 0 Å². The van der Waals surface area contributed by atoms with Gasteiger partial charge in [-0.1, -0.05) is 36.4 Å². The molecule has 0 unspecified atom stereocenters. The highest BCUT2D eigenvalue weighted by Gasteiger charge is 2.20. The summed E-state index contributed by atoms with van der Waals surface area (Å²) in [5.74, 6) is 1.27. The Morgan fingerprint density at radius 3 is 2.58 bits per heavy atom. The molecule has 0 aliphatic heterocycles. The molecule has 0 spiro atoms. The molecule has 5 heteroatoms. The van der Waals surface area contributed by atoms with Gasteiger partial charge in [0.25, 0.3) is 5.91 Å². The number of nitrogens with one attached hydrogen (secondary N) is 1. The van der Waals surface area contributed by atoms with E-state index in [4.69, 9.17) is 4.74 Å². The zero-order valence-electron chi connectivity index (χ0n) is 15.3. The van der Waals surface area contributed by atoms with Crippen LogP contribution in [0.15, 0.2) is 60.9 Å². The van der Waals surface area contributed by atoms with Crippen molar-refractivity contribution in [2.75, 3.05) is 6.61 Å². The average Bonchev–Trinajstić information content (AvgIpc) is 3.07. The smallest absolute Gasteiger partial charge is 0.258 e. The Labute approximate surface area is 153 Å². The first-order valence-electron chi connectivity index (χ1n) is 8.56. The molecule has 2 aromatic carbocycles. The summed E-state index contributed by atoms with van der Waals surface area (Å²) in [5.41, 5.74) is 3.31. The normalized spacial score (nSPS) is 11.8. The topological polar surface area (TPSA) is 56.1 Å². The van der Waals surface area contributed by atoms with Crippen LogP contribution < -0.4 is 10.1 Å². The number of aryl methyl sites for hydroxylation is 3. The molecule has 1 heterocycles. The fraction of sp³-hybridized carbons (Fsp3) is 0.238. The third-order valence-electron chi connectivity index (χ3n) is 4.40. The molecule has 134 valence electrons. The van der Waals surface area contributed by atoms with E-state index >= 15 is 0 Å². The van der Waals surface area contributed by atoms with E-state index < -0.39 is 0 Å². The van der Waals surface area contributed by atoms with Gasteiger partial charge >= 0.3 is 0 Å². The first-order valence-corrected chi connectivity index (χ1v) is 8.56. The Morgan fingerprint density at radius 2 is 1.92 bits per heavy atom. The minimum atomic E-state index is -0.327. The molecule has 0 saturated carbocycles. The van der Waals surface area contributed by atoms with E-state index in [2.05, 4.69) is 10.3 Å². The SMILES string of the molecule is Cc1ccc(OCC(=O)N[C@H](c2ccccc2)c2nccn2C)cc1C. The summed E-state index contributed by atoms with van der Waals surface area (Å²) >= 11 is 0. The summed E-state index contributed by atoms with van der Waals surface area (Å²) in [6.45, 7) is 4.02. The van der Waals surface area contributed by atoms with Crippen molar-refractivity contribution in [2.24, 2.45) is 7.05 Å². The van der Waals surface area contributed by atoms with Gasteiger partial charge in [-0.25, -0.2) is 4.98 Å². The molecule has 0 saturated heterocycles. The second-order valence-electron chi connectivity index (χ2n) is 6.34. The lowest BCUT2D eigenvalue weighted by Crippen LogP contribution is -2.34. The molecule has 1 aromatic heterocycles. The predicted molar refractivity (Wildman–Crippen MR) is 101 cm³/mol. The second-order valence-corrected chi connectivity index (χ2v) is 6.34. The van der Waals surface area contributed by atoms with E-state index in [0.29, 0.717) is 5.75 Å². The van der Waals surface area contributed by atoms with Crippen molar-refractivity contribution in [3.63, 3.8) is 0 Å². The lowest BCUT2D eigenvalue weighted by Gasteiger charge is -2.19. The number of imidazole rings is 1. The first-order chi connectivity index (χ1) is 12.5. The minimum Gasteiger partial charge on any atom is -0.484 e. The third-order valence-corrected chi connectivity index (χ3v) is 4.40. The predicted octanol–water partition coefficient (Wildman–Crippen LogP) is 3.32. The van der Waals surface area contributed by atoms with Crippen molar-refractivity contribution in [1.82, 2.24) is 14.9 Å². The number of hydrogen-bond acceptors (Lipinski definition) is 3. The average molecular weight is 349 g/mol. The van der Waals surface area contributed by atoms with Crippen LogP contribution in [0.5, 0.6) is 5.75 Å². The zero-order chi connectivity index (χ0) is 18.5. The van der Waals surface area contributed by atoms with Crippen LogP contribution >= 0.6 is 0 Å². The van der Waals surface area contributed by atoms with Crippen molar-refractivity contribution in [1.29, 1.82) is 0 Å². The molecule has 26 heavy (non-hydrogen) atoms. The maximum Gasteiger partial charge on any atom is 0.258 e. The van der Waals surface area contributed by atoms with E-state index in [-0.39, 0.29) is 18.6 Å². The van der Waals surface area contributed by atoms with E-state index in [1.807, 2.05) is 80.2 Å². The van der Waals surface area contributed by atoms with Crippen LogP contribution in [0.1, 0.15) is 28.6 Å². The van der Waals surface area contributed by atoms with Gasteiger partial charge in [-0.3, -0.25) is 4.79 Å². The third kappa shape index (κ3) is 4.11. The molecule has 0 bridgehead atoms. The number of rotatable bonds is 6. The van der Waals surface area contributed by atoms with Crippen molar-refractivity contribution in [2.45, 2.75) is 19.9 Å². The molecule has 0 aliphatic carbocycles. The summed E-state index contributed by atoms with van der Waals surface area (Å²) in [7, 11) is 1.91. The molecule has 0 fully saturated rings. The standard InChI is InChI=1S/C21H23N3O2/c1-15-9-10-18(13-16(15)2)26-14-19(25)23-20(17-7-5-4-6-8-17)21-22-11-12-24(21)3/h4-13,20H,14H2,1-3H3,(H,23,25)/t20-/m1/s1. The summed E-state index contributed by atoms with van der Waals surface area (Å²) in [6.07, 6.45) is 3.59. The zero-order valence-corrected chi connectivity index (χ0v) is 15.3. The highest BCUT2D eigenvalue weighted by molar-refractivity contribution is 5.78. The largest absolute Gasteiger partial charge is 0.484 e. The molecule has 0 aliphatic rings. The van der Waals surface area contributed by atoms with Gasteiger partial charge in [-0.2, -0.15) is 0 Å². The van der Waals surface area contributed by atoms with Crippen molar-refractivity contribution in [3.8, 4) is 5.75 Å². The maximum absolute atomic E-state index is 12.5. The second kappa shape index (κ2) is 7.87. The highest BCUT2D eigenvalue weighted by Crippen LogP contribution is 2.20. The van der Waals surface area contributed by atoms with E-state index in [1.54, 1.807) is 6.20 Å². The Morgan fingerprint density at radius 1 is 1.15 bits per heavy atom. The van der Waals surface area contributed by atoms with Crippen molar-refractivity contribution in [3.05, 3.63) is 83.4 Å². The fourth-order valence-electron chi connectivity index (χ4n) is 2.75. The molecule has 1 atom stereocenters. The maximum atomic E-state index is 12.5. The number of carbonyl (C=O) groups excluding carboxylic acids is 1. The van der Waals surface area contributed by atoms with Crippen molar-refractivity contribution < 1.29 is 9.53 Å². The number of ether oxygens (including phenoxy) is 1. The van der Waals surface area contributed by atoms with Crippen LogP contribution in [0.2, 0.25) is 0 Å². The minimum absolute atomic E-state index is 0.0454. The number of benzene rings is 2. The number of amides is 1. The van der Waals surface area contributed by atoms with Gasteiger partial charge in [-0.05, 0) is 42.7 Å². The number of carbonyl (C=O) groups is 1. The van der Waals surface area contributed by atoms with Gasteiger partial charge < -0.3 is 14.6 Å². The molecule has 3 aromatic rings. The van der Waals surface area contributed by atoms with Crippen LogP contribution in [0.4, 0.5) is 0 Å². The van der Waals surface area contributed by atoms with Gasteiger partial charge in [0.05, 0.1) is 0 Å². The first kappa shape index (κ1) is 17.7. The van der Waals surface area contributed by atoms with Gasteiger partial charge in [0.2, 0.25) is 0 Å². The molecular formula is C21H23N3O2. The van der Waals surface area contributed by atoms with Gasteiger partial charge in [0.1, 0.15) is 17.6 Å². The molecule has 1 N–H and O–H groups in total. The van der Waals surface area contributed by atoms with E-state index in [0.717, 1.165) is 17.0 Å². The van der Waals surface area contributed by atoms with Crippen molar-refractivity contribution >= 4 is 5.91 Å². The quantitative estimate of drug-likeness (QED) is 0.743. The summed E-state index contributed by atoms with van der Waals surface area (Å²) < 4.78 is 7.55. The lowest BCUT2D eigenvalue weighted by atomic mass is 10.1. The summed E-state index contributed by atoms with van der Waals surface area (Å²) in [6, 6.07) is 15.3.